The molecule has 0 radical (unpaired) electrons. The molecule has 0 aliphatic rings. The van der Waals surface area contributed by atoms with Crippen LogP contribution in [0.2, 0.25) is 0 Å². The van der Waals surface area contributed by atoms with E-state index >= 15 is 0 Å². The largest absolute Gasteiger partial charge is 0.488 e. The van der Waals surface area contributed by atoms with E-state index < -0.39 is 10.5 Å². The molecule has 84 valence electrons. The van der Waals surface area contributed by atoms with Crippen molar-refractivity contribution in [3.63, 3.8) is 0 Å². The number of nitrogens with zero attached hydrogens (tertiary/aromatic N) is 2. The van der Waals surface area contributed by atoms with Crippen LogP contribution in [0.4, 0.5) is 3.89 Å². The van der Waals surface area contributed by atoms with Crippen LogP contribution in [0.1, 0.15) is 0 Å². The summed E-state index contributed by atoms with van der Waals surface area (Å²) in [5, 5.41) is 0. The SMILES string of the molecule is O=S(=O)(F)Oc1cccc(-n2ccnc2)c1. The van der Waals surface area contributed by atoms with Crippen molar-refractivity contribution < 1.29 is 16.5 Å². The van der Waals surface area contributed by atoms with Gasteiger partial charge in [-0.2, -0.15) is 8.42 Å². The summed E-state index contributed by atoms with van der Waals surface area (Å²) in [5.41, 5.74) is 0.624. The molecule has 0 atom stereocenters. The molecule has 0 bridgehead atoms. The highest BCUT2D eigenvalue weighted by molar-refractivity contribution is 7.81. The molecule has 5 nitrogen and oxygen atoms in total. The maximum atomic E-state index is 12.3. The lowest BCUT2D eigenvalue weighted by atomic mass is 10.3. The van der Waals surface area contributed by atoms with Crippen LogP contribution < -0.4 is 4.18 Å². The molecular weight excluding hydrogens is 235 g/mol. The Balaban J connectivity index is 2.34. The van der Waals surface area contributed by atoms with Crippen LogP contribution in [0.5, 0.6) is 5.75 Å². The predicted molar refractivity (Wildman–Crippen MR) is 54.2 cm³/mol. The first-order chi connectivity index (χ1) is 7.54. The number of hydrogen-bond acceptors (Lipinski definition) is 4. The molecule has 1 aromatic carbocycles. The molecule has 1 heterocycles. The van der Waals surface area contributed by atoms with Crippen molar-refractivity contribution in [1.82, 2.24) is 9.55 Å². The first-order valence-corrected chi connectivity index (χ1v) is 5.58. The molecule has 0 N–H and O–H groups in total. The van der Waals surface area contributed by atoms with Crippen molar-refractivity contribution in [2.45, 2.75) is 0 Å². The summed E-state index contributed by atoms with van der Waals surface area (Å²) >= 11 is 0. The van der Waals surface area contributed by atoms with Gasteiger partial charge in [-0.1, -0.05) is 9.95 Å². The molecule has 7 heteroatoms. The van der Waals surface area contributed by atoms with E-state index in [0.29, 0.717) is 5.69 Å². The highest BCUT2D eigenvalue weighted by Gasteiger charge is 2.09. The zero-order valence-corrected chi connectivity index (χ0v) is 8.76. The van der Waals surface area contributed by atoms with Crippen molar-refractivity contribution in [3.8, 4) is 11.4 Å². The smallest absolute Gasteiger partial charge is 0.358 e. The van der Waals surface area contributed by atoms with Crippen molar-refractivity contribution in [1.29, 1.82) is 0 Å². The Morgan fingerprint density at radius 1 is 1.38 bits per heavy atom. The summed E-state index contributed by atoms with van der Waals surface area (Å²) in [5.74, 6) is -0.0892. The first-order valence-electron chi connectivity index (χ1n) is 4.27. The second-order valence-corrected chi connectivity index (χ2v) is 3.90. The monoisotopic (exact) mass is 242 g/mol. The van der Waals surface area contributed by atoms with Crippen LogP contribution in [0.3, 0.4) is 0 Å². The molecule has 0 saturated heterocycles. The molecule has 2 rings (SSSR count). The quantitative estimate of drug-likeness (QED) is 0.764. The topological polar surface area (TPSA) is 61.2 Å². The van der Waals surface area contributed by atoms with E-state index in [2.05, 4.69) is 9.17 Å². The minimum atomic E-state index is -4.99. The minimum Gasteiger partial charge on any atom is -0.358 e. The fraction of sp³-hybridized carbons (Fsp3) is 0. The highest BCUT2D eigenvalue weighted by Crippen LogP contribution is 2.18. The summed E-state index contributed by atoms with van der Waals surface area (Å²) in [4.78, 5) is 3.83. The summed E-state index contributed by atoms with van der Waals surface area (Å²) in [7, 11) is -4.99. The molecule has 0 aliphatic carbocycles. The van der Waals surface area contributed by atoms with Gasteiger partial charge in [0.2, 0.25) is 0 Å². The van der Waals surface area contributed by atoms with Crippen LogP contribution in [-0.2, 0) is 10.5 Å². The molecule has 0 fully saturated rings. The van der Waals surface area contributed by atoms with Crippen molar-refractivity contribution in [2.75, 3.05) is 0 Å². The van der Waals surface area contributed by atoms with E-state index in [0.717, 1.165) is 0 Å². The maximum Gasteiger partial charge on any atom is 0.488 e. The van der Waals surface area contributed by atoms with Crippen molar-refractivity contribution >= 4 is 10.5 Å². The van der Waals surface area contributed by atoms with E-state index in [1.165, 1.54) is 18.5 Å². The molecule has 0 spiro atoms. The number of aromatic nitrogens is 2. The normalized spacial score (nSPS) is 11.3. The van der Waals surface area contributed by atoms with Crippen LogP contribution >= 0.6 is 0 Å². The zero-order chi connectivity index (χ0) is 11.6. The van der Waals surface area contributed by atoms with Crippen LogP contribution in [0.15, 0.2) is 43.0 Å². The van der Waals surface area contributed by atoms with Gasteiger partial charge in [-0.05, 0) is 12.1 Å². The minimum absolute atomic E-state index is 0.0892. The van der Waals surface area contributed by atoms with Crippen LogP contribution in [0.25, 0.3) is 5.69 Å². The summed E-state index contributed by atoms with van der Waals surface area (Å²) in [6.45, 7) is 0. The third kappa shape index (κ3) is 2.57. The maximum absolute atomic E-state index is 12.3. The zero-order valence-electron chi connectivity index (χ0n) is 7.95. The molecule has 0 saturated carbocycles. The first kappa shape index (κ1) is 10.6. The molecule has 16 heavy (non-hydrogen) atoms. The number of imidazole rings is 1. The summed E-state index contributed by atoms with van der Waals surface area (Å²) < 4.78 is 38.6. The average Bonchev–Trinajstić information content (AvgIpc) is 2.68. The van der Waals surface area contributed by atoms with Crippen LogP contribution in [0, 0.1) is 0 Å². The second kappa shape index (κ2) is 3.93. The Labute approximate surface area is 91.5 Å². The number of rotatable bonds is 3. The van der Waals surface area contributed by atoms with Gasteiger partial charge in [0, 0.05) is 18.5 Å². The number of halogens is 1. The van der Waals surface area contributed by atoms with Gasteiger partial charge in [0.15, 0.2) is 0 Å². The lowest BCUT2D eigenvalue weighted by molar-refractivity contribution is 0.440. The van der Waals surface area contributed by atoms with Gasteiger partial charge in [0.1, 0.15) is 5.75 Å². The second-order valence-electron chi connectivity index (χ2n) is 2.94. The molecule has 2 aromatic rings. The van der Waals surface area contributed by atoms with Crippen molar-refractivity contribution in [2.24, 2.45) is 0 Å². The number of hydrogen-bond donors (Lipinski definition) is 0. The molecule has 0 aliphatic heterocycles. The van der Waals surface area contributed by atoms with Crippen LogP contribution in [-0.4, -0.2) is 18.0 Å². The van der Waals surface area contributed by atoms with Gasteiger partial charge in [-0.25, -0.2) is 4.98 Å². The van der Waals surface area contributed by atoms with Gasteiger partial charge in [0.05, 0.1) is 12.0 Å². The molecule has 1 aromatic heterocycles. The van der Waals surface area contributed by atoms with Gasteiger partial charge >= 0.3 is 10.5 Å². The summed E-state index contributed by atoms with van der Waals surface area (Å²) in [6, 6.07) is 5.99. The predicted octanol–water partition coefficient (Wildman–Crippen LogP) is 1.47. The standard InChI is InChI=1S/C9H7FN2O3S/c10-16(13,14)15-9-3-1-2-8(6-9)12-5-4-11-7-12/h1-7H. The third-order valence-electron chi connectivity index (χ3n) is 1.82. The third-order valence-corrected chi connectivity index (χ3v) is 2.21. The Morgan fingerprint density at radius 2 is 2.19 bits per heavy atom. The lowest BCUT2D eigenvalue weighted by Gasteiger charge is -2.04. The molecule has 0 unspecified atom stereocenters. The number of benzene rings is 1. The van der Waals surface area contributed by atoms with Gasteiger partial charge < -0.3 is 8.75 Å². The Morgan fingerprint density at radius 3 is 2.81 bits per heavy atom. The van der Waals surface area contributed by atoms with E-state index in [-0.39, 0.29) is 5.75 Å². The summed E-state index contributed by atoms with van der Waals surface area (Å²) in [6.07, 6.45) is 4.77. The average molecular weight is 242 g/mol. The fourth-order valence-corrected chi connectivity index (χ4v) is 1.56. The van der Waals surface area contributed by atoms with E-state index in [1.807, 2.05) is 0 Å². The Kier molecular flexibility index (Phi) is 2.61. The molecular formula is C9H7FN2O3S. The van der Waals surface area contributed by atoms with E-state index in [1.54, 1.807) is 29.1 Å². The molecule has 0 amide bonds. The van der Waals surface area contributed by atoms with E-state index in [9.17, 15) is 12.3 Å². The van der Waals surface area contributed by atoms with Gasteiger partial charge in [-0.15, -0.1) is 0 Å². The van der Waals surface area contributed by atoms with E-state index in [4.69, 9.17) is 0 Å². The van der Waals surface area contributed by atoms with Gasteiger partial charge in [-0.3, -0.25) is 0 Å². The van der Waals surface area contributed by atoms with Gasteiger partial charge in [0.25, 0.3) is 0 Å². The Hall–Kier alpha value is -1.89. The highest BCUT2D eigenvalue weighted by atomic mass is 32.3. The Bertz CT molecular complexity index is 581. The van der Waals surface area contributed by atoms with Crippen molar-refractivity contribution in [3.05, 3.63) is 43.0 Å². The lowest BCUT2D eigenvalue weighted by Crippen LogP contribution is -2.01. The fourth-order valence-electron chi connectivity index (χ4n) is 1.22.